The van der Waals surface area contributed by atoms with Crippen molar-refractivity contribution in [2.24, 2.45) is 5.92 Å². The molecule has 2 heteroatoms. The van der Waals surface area contributed by atoms with Crippen molar-refractivity contribution in [3.8, 4) is 0 Å². The van der Waals surface area contributed by atoms with E-state index < -0.39 is 0 Å². The highest BCUT2D eigenvalue weighted by atomic mass is 16.1. The Balaban J connectivity index is 2.42. The van der Waals surface area contributed by atoms with Gasteiger partial charge in [0.05, 0.1) is 6.04 Å². The molecule has 0 bridgehead atoms. The zero-order valence-corrected chi connectivity index (χ0v) is 8.26. The van der Waals surface area contributed by atoms with E-state index >= 15 is 0 Å². The number of Topliss-reactive ketones (excluding diaryl/α,β-unsaturated/α-hetero) is 1. The third-order valence-corrected chi connectivity index (χ3v) is 2.57. The second-order valence-electron chi connectivity index (χ2n) is 4.10. The second kappa shape index (κ2) is 4.04. The minimum atomic E-state index is 0.124. The quantitative estimate of drug-likeness (QED) is 0.694. The molecule has 0 spiro atoms. The molecule has 1 saturated carbocycles. The number of carbonyl (C=O) groups is 1. The van der Waals surface area contributed by atoms with Gasteiger partial charge in [0.1, 0.15) is 5.78 Å². The average molecular weight is 169 g/mol. The fourth-order valence-electron chi connectivity index (χ4n) is 1.72. The van der Waals surface area contributed by atoms with Crippen molar-refractivity contribution < 1.29 is 4.79 Å². The molecule has 0 saturated heterocycles. The summed E-state index contributed by atoms with van der Waals surface area (Å²) in [6, 6.07) is 0.540. The van der Waals surface area contributed by atoms with Gasteiger partial charge in [-0.15, -0.1) is 0 Å². The molecule has 70 valence electrons. The summed E-state index contributed by atoms with van der Waals surface area (Å²) >= 11 is 0. The number of rotatable bonds is 4. The van der Waals surface area contributed by atoms with E-state index in [2.05, 4.69) is 19.2 Å². The van der Waals surface area contributed by atoms with Gasteiger partial charge in [-0.1, -0.05) is 20.3 Å². The Hall–Kier alpha value is -0.370. The van der Waals surface area contributed by atoms with Gasteiger partial charge in [-0.2, -0.15) is 0 Å². The summed E-state index contributed by atoms with van der Waals surface area (Å²) in [6.45, 7) is 5.88. The van der Waals surface area contributed by atoms with Crippen LogP contribution in [0.3, 0.4) is 0 Å². The standard InChI is InChI=1S/C10H19NO/c1-7(2)11-10(8(3)12)9-5-4-6-9/h7,9-11H,4-6H2,1-3H3/t10-/m0/s1. The highest BCUT2D eigenvalue weighted by molar-refractivity contribution is 5.81. The highest BCUT2D eigenvalue weighted by Crippen LogP contribution is 2.30. The highest BCUT2D eigenvalue weighted by Gasteiger charge is 2.30. The van der Waals surface area contributed by atoms with Gasteiger partial charge in [-0.25, -0.2) is 0 Å². The maximum atomic E-state index is 11.3. The van der Waals surface area contributed by atoms with Crippen LogP contribution in [0, 0.1) is 5.92 Å². The third-order valence-electron chi connectivity index (χ3n) is 2.57. The summed E-state index contributed by atoms with van der Waals surface area (Å²) < 4.78 is 0. The van der Waals surface area contributed by atoms with Gasteiger partial charge in [-0.3, -0.25) is 4.79 Å². The molecule has 1 fully saturated rings. The molecule has 0 aliphatic heterocycles. The lowest BCUT2D eigenvalue weighted by atomic mass is 9.78. The normalized spacial score (nSPS) is 20.7. The average Bonchev–Trinajstić information content (AvgIpc) is 1.80. The first-order chi connectivity index (χ1) is 5.61. The molecule has 2 nitrogen and oxygen atoms in total. The van der Waals surface area contributed by atoms with Crippen LogP contribution in [0.2, 0.25) is 0 Å². The van der Waals surface area contributed by atoms with E-state index in [1.807, 2.05) is 0 Å². The summed E-state index contributed by atoms with van der Waals surface area (Å²) in [4.78, 5) is 11.3. The van der Waals surface area contributed by atoms with E-state index in [-0.39, 0.29) is 6.04 Å². The zero-order valence-electron chi connectivity index (χ0n) is 8.26. The van der Waals surface area contributed by atoms with Crippen LogP contribution in [-0.4, -0.2) is 17.9 Å². The van der Waals surface area contributed by atoms with E-state index in [0.29, 0.717) is 17.7 Å². The van der Waals surface area contributed by atoms with Crippen molar-refractivity contribution in [2.75, 3.05) is 0 Å². The molecule has 12 heavy (non-hydrogen) atoms. The van der Waals surface area contributed by atoms with Crippen LogP contribution in [0.1, 0.15) is 40.0 Å². The second-order valence-corrected chi connectivity index (χ2v) is 4.10. The molecule has 0 radical (unpaired) electrons. The Morgan fingerprint density at radius 2 is 2.00 bits per heavy atom. The lowest BCUT2D eigenvalue weighted by Gasteiger charge is -2.33. The van der Waals surface area contributed by atoms with E-state index in [9.17, 15) is 4.79 Å². The Bertz CT molecular complexity index is 161. The van der Waals surface area contributed by atoms with Crippen LogP contribution in [0.5, 0.6) is 0 Å². The van der Waals surface area contributed by atoms with Crippen LogP contribution in [0.25, 0.3) is 0 Å². The molecule has 0 aromatic rings. The minimum Gasteiger partial charge on any atom is -0.305 e. The Morgan fingerprint density at radius 1 is 1.42 bits per heavy atom. The first-order valence-electron chi connectivity index (χ1n) is 4.87. The van der Waals surface area contributed by atoms with Crippen molar-refractivity contribution in [1.29, 1.82) is 0 Å². The minimum absolute atomic E-state index is 0.124. The fourth-order valence-corrected chi connectivity index (χ4v) is 1.72. The molecule has 1 aliphatic rings. The van der Waals surface area contributed by atoms with Crippen LogP contribution in [-0.2, 0) is 4.79 Å². The molecular formula is C10H19NO. The third kappa shape index (κ3) is 2.31. The van der Waals surface area contributed by atoms with Gasteiger partial charge in [-0.05, 0) is 25.7 Å². The van der Waals surface area contributed by atoms with Crippen molar-refractivity contribution in [3.05, 3.63) is 0 Å². The van der Waals surface area contributed by atoms with Gasteiger partial charge in [0.15, 0.2) is 0 Å². The maximum absolute atomic E-state index is 11.3. The smallest absolute Gasteiger partial charge is 0.146 e. The molecule has 0 aromatic heterocycles. The molecule has 0 heterocycles. The van der Waals surface area contributed by atoms with Crippen molar-refractivity contribution in [2.45, 2.75) is 52.1 Å². The van der Waals surface area contributed by atoms with Crippen LogP contribution in [0.15, 0.2) is 0 Å². The number of hydrogen-bond donors (Lipinski definition) is 1. The van der Waals surface area contributed by atoms with E-state index in [0.717, 1.165) is 0 Å². The maximum Gasteiger partial charge on any atom is 0.146 e. The Labute approximate surface area is 74.7 Å². The van der Waals surface area contributed by atoms with Crippen molar-refractivity contribution in [3.63, 3.8) is 0 Å². The number of ketones is 1. The lowest BCUT2D eigenvalue weighted by molar-refractivity contribution is -0.121. The van der Waals surface area contributed by atoms with Gasteiger partial charge in [0, 0.05) is 6.04 Å². The van der Waals surface area contributed by atoms with E-state index in [1.54, 1.807) is 6.92 Å². The van der Waals surface area contributed by atoms with Crippen molar-refractivity contribution >= 4 is 5.78 Å². The first kappa shape index (κ1) is 9.72. The van der Waals surface area contributed by atoms with Gasteiger partial charge in [0.25, 0.3) is 0 Å². The van der Waals surface area contributed by atoms with Crippen molar-refractivity contribution in [1.82, 2.24) is 5.32 Å². The monoisotopic (exact) mass is 169 g/mol. The molecule has 1 aliphatic carbocycles. The molecule has 1 atom stereocenters. The summed E-state index contributed by atoms with van der Waals surface area (Å²) in [5.41, 5.74) is 0. The largest absolute Gasteiger partial charge is 0.305 e. The zero-order chi connectivity index (χ0) is 9.14. The summed E-state index contributed by atoms with van der Waals surface area (Å²) in [6.07, 6.45) is 3.75. The number of nitrogens with one attached hydrogen (secondary N) is 1. The van der Waals surface area contributed by atoms with Crippen LogP contribution in [0.4, 0.5) is 0 Å². The first-order valence-corrected chi connectivity index (χ1v) is 4.87. The molecule has 1 rings (SSSR count). The van der Waals surface area contributed by atoms with E-state index in [4.69, 9.17) is 0 Å². The summed E-state index contributed by atoms with van der Waals surface area (Å²) in [7, 11) is 0. The SMILES string of the molecule is CC(=O)[C@H](NC(C)C)C1CCC1. The Kier molecular flexibility index (Phi) is 3.27. The van der Waals surface area contributed by atoms with Crippen LogP contribution >= 0.6 is 0 Å². The molecule has 1 N–H and O–H groups in total. The lowest BCUT2D eigenvalue weighted by Crippen LogP contribution is -2.47. The number of carbonyl (C=O) groups excluding carboxylic acids is 1. The fraction of sp³-hybridized carbons (Fsp3) is 0.900. The predicted octanol–water partition coefficient (Wildman–Crippen LogP) is 1.74. The predicted molar refractivity (Wildman–Crippen MR) is 50.1 cm³/mol. The molecular weight excluding hydrogens is 150 g/mol. The number of hydrogen-bond acceptors (Lipinski definition) is 2. The Morgan fingerprint density at radius 3 is 2.25 bits per heavy atom. The van der Waals surface area contributed by atoms with Gasteiger partial charge < -0.3 is 5.32 Å². The topological polar surface area (TPSA) is 29.1 Å². The van der Waals surface area contributed by atoms with E-state index in [1.165, 1.54) is 19.3 Å². The molecule has 0 unspecified atom stereocenters. The molecule has 0 amide bonds. The van der Waals surface area contributed by atoms with Gasteiger partial charge >= 0.3 is 0 Å². The van der Waals surface area contributed by atoms with Gasteiger partial charge in [0.2, 0.25) is 0 Å². The molecule has 0 aromatic carbocycles. The summed E-state index contributed by atoms with van der Waals surface area (Å²) in [5, 5.41) is 3.33. The summed E-state index contributed by atoms with van der Waals surface area (Å²) in [5.74, 6) is 0.915. The van der Waals surface area contributed by atoms with Crippen LogP contribution < -0.4 is 5.32 Å².